The van der Waals surface area contributed by atoms with E-state index in [4.69, 9.17) is 0 Å². The molecule has 0 nitrogen and oxygen atoms in total. The molecule has 0 N–H and O–H groups in total. The molecule has 1 heteroatoms. The third-order valence-corrected chi connectivity index (χ3v) is 7.26. The predicted octanol–water partition coefficient (Wildman–Crippen LogP) is 9.08. The summed E-state index contributed by atoms with van der Waals surface area (Å²) < 4.78 is 1.30. The molecule has 6 rings (SSSR count). The number of fused-ring (bicyclic) bond motifs is 3. The summed E-state index contributed by atoms with van der Waals surface area (Å²) >= 11 is 2.52. The zero-order valence-electron chi connectivity index (χ0n) is 16.8. The summed E-state index contributed by atoms with van der Waals surface area (Å²) in [5.41, 5.74) is 5.06. The Morgan fingerprint density at radius 2 is 0.871 bits per heavy atom. The zero-order chi connectivity index (χ0) is 20.8. The van der Waals surface area contributed by atoms with Crippen LogP contribution in [0.3, 0.4) is 0 Å². The summed E-state index contributed by atoms with van der Waals surface area (Å²) in [6.45, 7) is 0. The fourth-order valence-corrected chi connectivity index (χ4v) is 5.37. The lowest BCUT2D eigenvalue weighted by Crippen LogP contribution is -1.88. The summed E-state index contributed by atoms with van der Waals surface area (Å²) in [5.74, 6) is 0. The number of hydrogen-bond donors (Lipinski definition) is 0. The van der Waals surface area contributed by atoms with Gasteiger partial charge < -0.3 is 0 Å². The second kappa shape index (κ2) is 7.51. The minimum atomic E-state index is 1.26. The molecule has 31 heavy (non-hydrogen) atoms. The van der Waals surface area contributed by atoms with Crippen LogP contribution in [0.5, 0.6) is 0 Å². The molecule has 0 spiro atoms. The summed E-state index contributed by atoms with van der Waals surface area (Å²) in [6.07, 6.45) is 0. The van der Waals surface area contributed by atoms with E-state index in [-0.39, 0.29) is 0 Å². The molecule has 0 saturated carbocycles. The average Bonchev–Trinajstić information content (AvgIpc) is 2.83. The molecule has 0 unspecified atom stereocenters. The molecular weight excluding hydrogens is 487 g/mol. The molecule has 0 amide bonds. The molecule has 0 radical (unpaired) electrons. The van der Waals surface area contributed by atoms with Crippen LogP contribution < -0.4 is 0 Å². The summed E-state index contributed by atoms with van der Waals surface area (Å²) in [7, 11) is 0. The standard InChI is InChI=1S/C30H19I/c31-30-28(27-14-10-21-6-2-4-8-24(21)18-27)16-15-22-11-13-26(19-29(22)30)25-12-9-20-5-1-3-7-23(20)17-25/h1-19H. The molecule has 0 heterocycles. The van der Waals surface area contributed by atoms with E-state index in [1.807, 2.05) is 0 Å². The Hall–Kier alpha value is -3.17. The van der Waals surface area contributed by atoms with Crippen LogP contribution in [0.1, 0.15) is 0 Å². The van der Waals surface area contributed by atoms with Crippen molar-refractivity contribution in [1.29, 1.82) is 0 Å². The van der Waals surface area contributed by atoms with Gasteiger partial charge in [0.05, 0.1) is 0 Å². The summed E-state index contributed by atoms with van der Waals surface area (Å²) in [6, 6.07) is 41.9. The smallest absolute Gasteiger partial charge is 0.0287 e. The number of benzene rings is 6. The van der Waals surface area contributed by atoms with Gasteiger partial charge in [-0.3, -0.25) is 0 Å². The van der Waals surface area contributed by atoms with Crippen molar-refractivity contribution in [2.75, 3.05) is 0 Å². The Labute approximate surface area is 195 Å². The zero-order valence-corrected chi connectivity index (χ0v) is 19.0. The van der Waals surface area contributed by atoms with Crippen LogP contribution in [0, 0.1) is 3.57 Å². The molecule has 0 aliphatic carbocycles. The van der Waals surface area contributed by atoms with E-state index in [0.717, 1.165) is 0 Å². The first kappa shape index (κ1) is 18.6. The van der Waals surface area contributed by atoms with E-state index in [0.29, 0.717) is 0 Å². The maximum absolute atomic E-state index is 2.52. The van der Waals surface area contributed by atoms with E-state index < -0.39 is 0 Å². The second-order valence-corrected chi connectivity index (χ2v) is 9.07. The molecule has 0 aliphatic heterocycles. The molecule has 6 aromatic rings. The van der Waals surface area contributed by atoms with Gasteiger partial charge in [0, 0.05) is 3.57 Å². The first-order chi connectivity index (χ1) is 15.3. The van der Waals surface area contributed by atoms with E-state index in [1.165, 1.54) is 58.1 Å². The van der Waals surface area contributed by atoms with Gasteiger partial charge in [-0.25, -0.2) is 0 Å². The normalized spacial score (nSPS) is 11.4. The van der Waals surface area contributed by atoms with Crippen molar-refractivity contribution in [3.8, 4) is 22.3 Å². The Kier molecular flexibility index (Phi) is 4.50. The fourth-order valence-electron chi connectivity index (χ4n) is 4.41. The van der Waals surface area contributed by atoms with Crippen molar-refractivity contribution < 1.29 is 0 Å². The molecular formula is C30H19I. The SMILES string of the molecule is Ic1c(-c2ccc3ccccc3c2)ccc2ccc(-c3ccc4ccccc4c3)cc12. The van der Waals surface area contributed by atoms with Crippen molar-refractivity contribution in [3.63, 3.8) is 0 Å². The first-order valence-electron chi connectivity index (χ1n) is 10.5. The highest BCUT2D eigenvalue weighted by Crippen LogP contribution is 2.35. The van der Waals surface area contributed by atoms with Crippen molar-refractivity contribution in [3.05, 3.63) is 119 Å². The maximum Gasteiger partial charge on any atom is 0.0287 e. The van der Waals surface area contributed by atoms with Gasteiger partial charge in [0.25, 0.3) is 0 Å². The predicted molar refractivity (Wildman–Crippen MR) is 143 cm³/mol. The Bertz CT molecular complexity index is 1590. The highest BCUT2D eigenvalue weighted by atomic mass is 127. The molecule has 0 aliphatic rings. The molecule has 0 saturated heterocycles. The monoisotopic (exact) mass is 506 g/mol. The summed E-state index contributed by atoms with van der Waals surface area (Å²) in [4.78, 5) is 0. The number of halogens is 1. The fraction of sp³-hybridized carbons (Fsp3) is 0. The van der Waals surface area contributed by atoms with Gasteiger partial charge in [0.15, 0.2) is 0 Å². The number of hydrogen-bond acceptors (Lipinski definition) is 0. The van der Waals surface area contributed by atoms with Gasteiger partial charge in [-0.05, 0) is 95.4 Å². The molecule has 146 valence electrons. The van der Waals surface area contributed by atoms with Gasteiger partial charge >= 0.3 is 0 Å². The molecule has 0 bridgehead atoms. The Morgan fingerprint density at radius 3 is 1.55 bits per heavy atom. The maximum atomic E-state index is 2.52. The van der Waals surface area contributed by atoms with E-state index in [2.05, 4.69) is 138 Å². The Balaban J connectivity index is 1.50. The lowest BCUT2D eigenvalue weighted by molar-refractivity contribution is 1.63. The lowest BCUT2D eigenvalue weighted by Gasteiger charge is -2.12. The highest BCUT2D eigenvalue weighted by Gasteiger charge is 2.10. The third-order valence-electron chi connectivity index (χ3n) is 6.10. The van der Waals surface area contributed by atoms with Crippen LogP contribution in [0.15, 0.2) is 115 Å². The minimum absolute atomic E-state index is 1.26. The van der Waals surface area contributed by atoms with Crippen LogP contribution >= 0.6 is 22.6 Å². The van der Waals surface area contributed by atoms with Crippen molar-refractivity contribution >= 4 is 54.9 Å². The number of rotatable bonds is 2. The Morgan fingerprint density at radius 1 is 0.387 bits per heavy atom. The minimum Gasteiger partial charge on any atom is -0.0616 e. The highest BCUT2D eigenvalue weighted by molar-refractivity contribution is 14.1. The van der Waals surface area contributed by atoms with Crippen LogP contribution in [0.4, 0.5) is 0 Å². The third kappa shape index (κ3) is 3.30. The van der Waals surface area contributed by atoms with E-state index in [9.17, 15) is 0 Å². The van der Waals surface area contributed by atoms with Crippen molar-refractivity contribution in [2.24, 2.45) is 0 Å². The first-order valence-corrected chi connectivity index (χ1v) is 11.5. The lowest BCUT2D eigenvalue weighted by atomic mass is 9.95. The second-order valence-electron chi connectivity index (χ2n) is 7.99. The van der Waals surface area contributed by atoms with Crippen molar-refractivity contribution in [2.45, 2.75) is 0 Å². The van der Waals surface area contributed by atoms with Gasteiger partial charge in [-0.1, -0.05) is 97.1 Å². The molecule has 0 fully saturated rings. The van der Waals surface area contributed by atoms with Gasteiger partial charge in [-0.15, -0.1) is 0 Å². The van der Waals surface area contributed by atoms with Gasteiger partial charge in [0.2, 0.25) is 0 Å². The van der Waals surface area contributed by atoms with Crippen LogP contribution in [-0.4, -0.2) is 0 Å². The van der Waals surface area contributed by atoms with Crippen LogP contribution in [-0.2, 0) is 0 Å². The van der Waals surface area contributed by atoms with E-state index >= 15 is 0 Å². The molecule has 6 aromatic carbocycles. The largest absolute Gasteiger partial charge is 0.0616 e. The van der Waals surface area contributed by atoms with Gasteiger partial charge in [-0.2, -0.15) is 0 Å². The van der Waals surface area contributed by atoms with Crippen LogP contribution in [0.2, 0.25) is 0 Å². The molecule has 0 atom stereocenters. The molecule has 0 aromatic heterocycles. The van der Waals surface area contributed by atoms with Crippen LogP contribution in [0.25, 0.3) is 54.6 Å². The summed E-state index contributed by atoms with van der Waals surface area (Å²) in [5, 5.41) is 7.69. The van der Waals surface area contributed by atoms with Gasteiger partial charge in [0.1, 0.15) is 0 Å². The van der Waals surface area contributed by atoms with Crippen molar-refractivity contribution in [1.82, 2.24) is 0 Å². The average molecular weight is 506 g/mol. The quantitative estimate of drug-likeness (QED) is 0.206. The topological polar surface area (TPSA) is 0 Å². The van der Waals surface area contributed by atoms with E-state index in [1.54, 1.807) is 0 Å².